The fourth-order valence-corrected chi connectivity index (χ4v) is 3.06. The van der Waals surface area contributed by atoms with Crippen molar-refractivity contribution in [1.82, 2.24) is 10.2 Å². The molecule has 0 aromatic heterocycles. The van der Waals surface area contributed by atoms with Crippen LogP contribution in [0.4, 0.5) is 0 Å². The Morgan fingerprint density at radius 2 is 1.90 bits per heavy atom. The Balaban J connectivity index is 1.85. The highest BCUT2D eigenvalue weighted by molar-refractivity contribution is 5.78. The van der Waals surface area contributed by atoms with E-state index in [1.54, 1.807) is 0 Å². The molecule has 2 atom stereocenters. The summed E-state index contributed by atoms with van der Waals surface area (Å²) in [5.41, 5.74) is 1.39. The highest BCUT2D eigenvalue weighted by atomic mass is 16.2. The van der Waals surface area contributed by atoms with Gasteiger partial charge >= 0.3 is 0 Å². The van der Waals surface area contributed by atoms with Gasteiger partial charge in [-0.15, -0.1) is 0 Å². The van der Waals surface area contributed by atoms with E-state index in [0.29, 0.717) is 23.8 Å². The van der Waals surface area contributed by atoms with Gasteiger partial charge in [-0.25, -0.2) is 0 Å². The van der Waals surface area contributed by atoms with Gasteiger partial charge < -0.3 is 10.2 Å². The molecule has 0 spiro atoms. The summed E-state index contributed by atoms with van der Waals surface area (Å²) in [5, 5.41) is 3.62. The lowest BCUT2D eigenvalue weighted by Crippen LogP contribution is -2.41. The summed E-state index contributed by atoms with van der Waals surface area (Å²) in [5.74, 6) is 1.43. The number of carbonyl (C=O) groups is 1. The van der Waals surface area contributed by atoms with E-state index in [1.807, 2.05) is 4.90 Å². The molecule has 0 bridgehead atoms. The summed E-state index contributed by atoms with van der Waals surface area (Å²) >= 11 is 0. The first-order valence-corrected chi connectivity index (χ1v) is 8.14. The van der Waals surface area contributed by atoms with Crippen molar-refractivity contribution in [2.24, 2.45) is 5.92 Å². The SMILES string of the molecule is CC(CN1CCCC1=O)NCC(c1ccccc1)C(C)C. The monoisotopic (exact) mass is 288 g/mol. The third-order valence-corrected chi connectivity index (χ3v) is 4.38. The van der Waals surface area contributed by atoms with E-state index in [2.05, 4.69) is 56.4 Å². The van der Waals surface area contributed by atoms with Crippen LogP contribution in [0.5, 0.6) is 0 Å². The zero-order valence-electron chi connectivity index (χ0n) is 13.5. The van der Waals surface area contributed by atoms with Crippen LogP contribution in [-0.2, 0) is 4.79 Å². The van der Waals surface area contributed by atoms with E-state index in [4.69, 9.17) is 0 Å². The zero-order valence-corrected chi connectivity index (χ0v) is 13.5. The molecule has 1 saturated heterocycles. The number of rotatable bonds is 7. The van der Waals surface area contributed by atoms with Crippen molar-refractivity contribution in [3.63, 3.8) is 0 Å². The smallest absolute Gasteiger partial charge is 0.222 e. The van der Waals surface area contributed by atoms with Crippen LogP contribution in [0, 0.1) is 5.92 Å². The molecule has 21 heavy (non-hydrogen) atoms. The second kappa shape index (κ2) is 7.60. The highest BCUT2D eigenvalue weighted by Gasteiger charge is 2.22. The molecular weight excluding hydrogens is 260 g/mol. The molecule has 3 heteroatoms. The van der Waals surface area contributed by atoms with Crippen molar-refractivity contribution >= 4 is 5.91 Å². The van der Waals surface area contributed by atoms with E-state index >= 15 is 0 Å². The Morgan fingerprint density at radius 1 is 1.19 bits per heavy atom. The molecule has 0 saturated carbocycles. The molecule has 1 amide bonds. The number of hydrogen-bond donors (Lipinski definition) is 1. The van der Waals surface area contributed by atoms with Gasteiger partial charge in [0.15, 0.2) is 0 Å². The van der Waals surface area contributed by atoms with Gasteiger partial charge in [0.1, 0.15) is 0 Å². The number of amides is 1. The fraction of sp³-hybridized carbons (Fsp3) is 0.611. The van der Waals surface area contributed by atoms with Crippen molar-refractivity contribution < 1.29 is 4.79 Å². The van der Waals surface area contributed by atoms with Gasteiger partial charge in [0.2, 0.25) is 5.91 Å². The van der Waals surface area contributed by atoms with Gasteiger partial charge in [-0.05, 0) is 30.7 Å². The van der Waals surface area contributed by atoms with Crippen LogP contribution < -0.4 is 5.32 Å². The first-order chi connectivity index (χ1) is 10.1. The maximum atomic E-state index is 11.7. The molecule has 0 aliphatic carbocycles. The Morgan fingerprint density at radius 3 is 2.48 bits per heavy atom. The van der Waals surface area contributed by atoms with Gasteiger partial charge in [-0.2, -0.15) is 0 Å². The Labute approximate surface area is 128 Å². The molecule has 1 aliphatic rings. The molecular formula is C18H28N2O. The molecule has 1 aromatic rings. The predicted octanol–water partition coefficient (Wildman–Crippen LogP) is 3.03. The average Bonchev–Trinajstić information content (AvgIpc) is 2.85. The molecule has 2 rings (SSSR count). The molecule has 1 N–H and O–H groups in total. The molecule has 2 unspecified atom stereocenters. The minimum Gasteiger partial charge on any atom is -0.341 e. The van der Waals surface area contributed by atoms with E-state index in [-0.39, 0.29) is 0 Å². The van der Waals surface area contributed by atoms with Crippen LogP contribution in [0.15, 0.2) is 30.3 Å². The van der Waals surface area contributed by atoms with Crippen LogP contribution in [0.3, 0.4) is 0 Å². The van der Waals surface area contributed by atoms with Gasteiger partial charge in [-0.1, -0.05) is 44.2 Å². The van der Waals surface area contributed by atoms with Crippen LogP contribution in [0.25, 0.3) is 0 Å². The average molecular weight is 288 g/mol. The van der Waals surface area contributed by atoms with Crippen LogP contribution in [-0.4, -0.2) is 36.5 Å². The van der Waals surface area contributed by atoms with E-state index in [9.17, 15) is 4.79 Å². The van der Waals surface area contributed by atoms with Crippen molar-refractivity contribution in [1.29, 1.82) is 0 Å². The minimum atomic E-state index is 0.312. The first kappa shape index (κ1) is 16.0. The van der Waals surface area contributed by atoms with Gasteiger partial charge in [0.05, 0.1) is 0 Å². The van der Waals surface area contributed by atoms with E-state index in [0.717, 1.165) is 32.5 Å². The molecule has 1 aliphatic heterocycles. The van der Waals surface area contributed by atoms with Crippen molar-refractivity contribution in [2.75, 3.05) is 19.6 Å². The third-order valence-electron chi connectivity index (χ3n) is 4.38. The van der Waals surface area contributed by atoms with E-state index < -0.39 is 0 Å². The molecule has 0 radical (unpaired) electrons. The third kappa shape index (κ3) is 4.57. The second-order valence-electron chi connectivity index (χ2n) is 6.51. The number of nitrogens with one attached hydrogen (secondary N) is 1. The van der Waals surface area contributed by atoms with Crippen LogP contribution in [0.1, 0.15) is 45.1 Å². The van der Waals surface area contributed by atoms with Crippen molar-refractivity contribution in [3.8, 4) is 0 Å². The molecule has 116 valence electrons. The summed E-state index contributed by atoms with van der Waals surface area (Å²) in [4.78, 5) is 13.7. The van der Waals surface area contributed by atoms with Crippen LogP contribution in [0.2, 0.25) is 0 Å². The Bertz CT molecular complexity index is 444. The summed E-state index contributed by atoms with van der Waals surface area (Å²) < 4.78 is 0. The normalized spacial score (nSPS) is 18.3. The summed E-state index contributed by atoms with van der Waals surface area (Å²) in [6.07, 6.45) is 1.75. The van der Waals surface area contributed by atoms with Gasteiger partial charge in [0.25, 0.3) is 0 Å². The largest absolute Gasteiger partial charge is 0.341 e. The quantitative estimate of drug-likeness (QED) is 0.836. The molecule has 1 aromatic carbocycles. The van der Waals surface area contributed by atoms with Gasteiger partial charge in [-0.3, -0.25) is 4.79 Å². The topological polar surface area (TPSA) is 32.3 Å². The lowest BCUT2D eigenvalue weighted by atomic mass is 9.88. The predicted molar refractivity (Wildman–Crippen MR) is 87.3 cm³/mol. The molecule has 1 heterocycles. The highest BCUT2D eigenvalue weighted by Crippen LogP contribution is 2.23. The summed E-state index contributed by atoms with van der Waals surface area (Å²) in [6.45, 7) is 9.44. The number of hydrogen-bond acceptors (Lipinski definition) is 2. The lowest BCUT2D eigenvalue weighted by Gasteiger charge is -2.26. The number of likely N-dealkylation sites (tertiary alicyclic amines) is 1. The zero-order chi connectivity index (χ0) is 15.2. The lowest BCUT2D eigenvalue weighted by molar-refractivity contribution is -0.127. The minimum absolute atomic E-state index is 0.312. The maximum Gasteiger partial charge on any atom is 0.222 e. The second-order valence-corrected chi connectivity index (χ2v) is 6.51. The molecule has 3 nitrogen and oxygen atoms in total. The Hall–Kier alpha value is -1.35. The standard InChI is InChI=1S/C18H28N2O/c1-14(2)17(16-8-5-4-6-9-16)12-19-15(3)13-20-11-7-10-18(20)21/h4-6,8-9,14-15,17,19H,7,10-13H2,1-3H3. The number of nitrogens with zero attached hydrogens (tertiary/aromatic N) is 1. The summed E-state index contributed by atoms with van der Waals surface area (Å²) in [6, 6.07) is 11.0. The van der Waals surface area contributed by atoms with E-state index in [1.165, 1.54) is 5.56 Å². The first-order valence-electron chi connectivity index (χ1n) is 8.14. The van der Waals surface area contributed by atoms with Crippen molar-refractivity contribution in [3.05, 3.63) is 35.9 Å². The number of benzene rings is 1. The Kier molecular flexibility index (Phi) is 5.80. The fourth-order valence-electron chi connectivity index (χ4n) is 3.06. The van der Waals surface area contributed by atoms with Crippen LogP contribution >= 0.6 is 0 Å². The molecule has 1 fully saturated rings. The maximum absolute atomic E-state index is 11.7. The number of carbonyl (C=O) groups excluding carboxylic acids is 1. The summed E-state index contributed by atoms with van der Waals surface area (Å²) in [7, 11) is 0. The van der Waals surface area contributed by atoms with Gasteiger partial charge in [0, 0.05) is 32.1 Å². The van der Waals surface area contributed by atoms with Crippen molar-refractivity contribution in [2.45, 2.75) is 45.6 Å².